The van der Waals surface area contributed by atoms with Gasteiger partial charge in [-0.25, -0.2) is 13.2 Å². The first-order valence-corrected chi connectivity index (χ1v) is 9.15. The number of nitrogens with one attached hydrogen (secondary N) is 1. The zero-order valence-corrected chi connectivity index (χ0v) is 16.7. The van der Waals surface area contributed by atoms with Crippen molar-refractivity contribution < 1.29 is 23.1 Å². The van der Waals surface area contributed by atoms with Gasteiger partial charge >= 0.3 is 0 Å². The van der Waals surface area contributed by atoms with E-state index in [1.807, 2.05) is 0 Å². The fourth-order valence-electron chi connectivity index (χ4n) is 3.25. The van der Waals surface area contributed by atoms with E-state index in [4.69, 9.17) is 0 Å². The van der Waals surface area contributed by atoms with Crippen molar-refractivity contribution in [1.29, 1.82) is 0 Å². The number of carbonyl (C=O) groups is 1. The molecule has 31 heavy (non-hydrogen) atoms. The van der Waals surface area contributed by atoms with Crippen molar-refractivity contribution >= 4 is 28.6 Å². The number of rotatable bonds is 6. The molecule has 0 aliphatic rings. The lowest BCUT2D eigenvalue weighted by Crippen LogP contribution is -2.26. The number of aryl methyl sites for hydroxylation is 2. The monoisotopic (exact) mass is 432 g/mol. The number of aliphatic hydroxyl groups excluding tert-OH is 1. The molecule has 3 aromatic rings. The minimum absolute atomic E-state index is 0.120. The molecule has 3 rings (SSSR count). The predicted molar refractivity (Wildman–Crippen MR) is 110 cm³/mol. The van der Waals surface area contributed by atoms with Gasteiger partial charge in [0.05, 0.1) is 28.5 Å². The number of anilines is 1. The molecule has 2 aromatic heterocycles. The Bertz CT molecular complexity index is 1290. The highest BCUT2D eigenvalue weighted by Crippen LogP contribution is 2.23. The van der Waals surface area contributed by atoms with Gasteiger partial charge in [0.25, 0.3) is 5.56 Å². The highest BCUT2D eigenvalue weighted by molar-refractivity contribution is 5.91. The number of hydrogen-bond donors (Lipinski definition) is 2. The van der Waals surface area contributed by atoms with Crippen LogP contribution in [0, 0.1) is 18.6 Å². The van der Waals surface area contributed by atoms with Crippen molar-refractivity contribution in [2.75, 3.05) is 5.32 Å². The number of fused-ring (bicyclic) bond motifs is 1. The molecule has 0 aliphatic heterocycles. The molecule has 0 unspecified atom stereocenters. The topological polar surface area (TPSA) is 89.2 Å². The van der Waals surface area contributed by atoms with Gasteiger partial charge in [-0.1, -0.05) is 6.58 Å². The van der Waals surface area contributed by atoms with Gasteiger partial charge in [-0.05, 0) is 24.6 Å². The van der Waals surface area contributed by atoms with Crippen molar-refractivity contribution in [1.82, 2.24) is 14.3 Å². The Morgan fingerprint density at radius 3 is 2.71 bits per heavy atom. The number of hydrogen-bond acceptors (Lipinski definition) is 4. The van der Waals surface area contributed by atoms with Crippen LogP contribution in [0.2, 0.25) is 0 Å². The van der Waals surface area contributed by atoms with Gasteiger partial charge < -0.3 is 15.0 Å². The summed E-state index contributed by atoms with van der Waals surface area (Å²) in [6.45, 7) is 4.59. The second-order valence-corrected chi connectivity index (χ2v) is 6.86. The number of halogens is 3. The Labute approximate surface area is 174 Å². The number of aliphatic hydroxyl groups is 1. The van der Waals surface area contributed by atoms with Gasteiger partial charge in [0, 0.05) is 32.2 Å². The minimum atomic E-state index is -1.05. The number of allylic oxidation sites excluding steroid dienone is 1. The number of pyridine rings is 1. The number of nitrogens with zero attached hydrogens (tertiary/aromatic N) is 3. The first-order chi connectivity index (χ1) is 14.6. The Balaban J connectivity index is 1.98. The molecule has 0 fully saturated rings. The van der Waals surface area contributed by atoms with Crippen LogP contribution in [-0.2, 0) is 18.4 Å². The molecule has 1 aromatic carbocycles. The molecule has 1 amide bonds. The van der Waals surface area contributed by atoms with Crippen LogP contribution in [-0.4, -0.2) is 25.4 Å². The van der Waals surface area contributed by atoms with Crippen molar-refractivity contribution in [3.63, 3.8) is 0 Å². The molecule has 2 N–H and O–H groups in total. The Morgan fingerprint density at radius 2 is 2.06 bits per heavy atom. The molecular formula is C21H19F3N4O3. The average Bonchev–Trinajstić information content (AvgIpc) is 3.09. The Kier molecular flexibility index (Phi) is 6.00. The molecule has 0 bridgehead atoms. The lowest BCUT2D eigenvalue weighted by Gasteiger charge is -2.15. The Morgan fingerprint density at radius 1 is 1.35 bits per heavy atom. The SMILES string of the molecule is C=C(O)/C(F)=C\c1c(C)c2c(cnn2C)c(=O)n1CCC(=O)Nc1ccc(F)cc1F. The van der Waals surface area contributed by atoms with Crippen LogP contribution in [0.3, 0.4) is 0 Å². The summed E-state index contributed by atoms with van der Waals surface area (Å²) in [6, 6.07) is 2.71. The second-order valence-electron chi connectivity index (χ2n) is 6.86. The fraction of sp³-hybridized carbons (Fsp3) is 0.190. The summed E-state index contributed by atoms with van der Waals surface area (Å²) >= 11 is 0. The number of aromatic nitrogens is 3. The maximum Gasteiger partial charge on any atom is 0.262 e. The standard InChI is InChI=1S/C21H19F3N4O3/c1-11-18(9-15(23)12(2)29)28(21(31)14-10-25-27(3)20(11)14)7-6-19(30)26-17-5-4-13(22)8-16(17)24/h4-5,8-10,29H,2,6-7H2,1,3H3,(H,26,30)/b15-9+. The van der Waals surface area contributed by atoms with Gasteiger partial charge in [0.2, 0.25) is 5.91 Å². The number of carbonyl (C=O) groups excluding carboxylic acids is 1. The predicted octanol–water partition coefficient (Wildman–Crippen LogP) is 3.73. The van der Waals surface area contributed by atoms with Gasteiger partial charge in [-0.15, -0.1) is 0 Å². The van der Waals surface area contributed by atoms with Crippen LogP contribution in [0.4, 0.5) is 18.9 Å². The van der Waals surface area contributed by atoms with Crippen LogP contribution < -0.4 is 10.9 Å². The van der Waals surface area contributed by atoms with E-state index in [0.29, 0.717) is 17.1 Å². The smallest absolute Gasteiger partial charge is 0.262 e. The highest BCUT2D eigenvalue weighted by Gasteiger charge is 2.18. The van der Waals surface area contributed by atoms with Crippen LogP contribution in [0.15, 0.2) is 47.4 Å². The van der Waals surface area contributed by atoms with Crippen LogP contribution in [0.5, 0.6) is 0 Å². The molecular weight excluding hydrogens is 413 g/mol. The Hall–Kier alpha value is -3.82. The molecule has 0 saturated carbocycles. The van der Waals surface area contributed by atoms with Gasteiger partial charge in [-0.3, -0.25) is 14.3 Å². The van der Waals surface area contributed by atoms with Crippen LogP contribution >= 0.6 is 0 Å². The van der Waals surface area contributed by atoms with E-state index < -0.39 is 34.7 Å². The normalized spacial score (nSPS) is 11.7. The van der Waals surface area contributed by atoms with E-state index >= 15 is 0 Å². The van der Waals surface area contributed by atoms with Gasteiger partial charge in [0.15, 0.2) is 5.83 Å². The lowest BCUT2D eigenvalue weighted by atomic mass is 10.1. The molecule has 0 radical (unpaired) electrons. The van der Waals surface area contributed by atoms with E-state index in [0.717, 1.165) is 18.2 Å². The zero-order valence-electron chi connectivity index (χ0n) is 16.7. The fourth-order valence-corrected chi connectivity index (χ4v) is 3.25. The lowest BCUT2D eigenvalue weighted by molar-refractivity contribution is -0.116. The summed E-state index contributed by atoms with van der Waals surface area (Å²) in [5.74, 6) is -4.22. The average molecular weight is 432 g/mol. The molecule has 2 heterocycles. The second kappa shape index (κ2) is 8.50. The third kappa shape index (κ3) is 4.37. The summed E-state index contributed by atoms with van der Waals surface area (Å²) < 4.78 is 43.5. The third-order valence-electron chi connectivity index (χ3n) is 4.75. The van der Waals surface area contributed by atoms with E-state index in [-0.39, 0.29) is 29.7 Å². The van der Waals surface area contributed by atoms with Crippen LogP contribution in [0.1, 0.15) is 17.7 Å². The molecule has 0 atom stereocenters. The maximum atomic E-state index is 14.1. The number of benzene rings is 1. The van der Waals surface area contributed by atoms with Crippen molar-refractivity contribution in [3.8, 4) is 0 Å². The largest absolute Gasteiger partial charge is 0.506 e. The van der Waals surface area contributed by atoms with Crippen LogP contribution in [0.25, 0.3) is 17.0 Å². The first kappa shape index (κ1) is 21.9. The molecule has 10 heteroatoms. The molecule has 162 valence electrons. The van der Waals surface area contributed by atoms with E-state index in [1.54, 1.807) is 14.0 Å². The first-order valence-electron chi connectivity index (χ1n) is 9.15. The van der Waals surface area contributed by atoms with E-state index in [2.05, 4.69) is 17.0 Å². The summed E-state index contributed by atoms with van der Waals surface area (Å²) in [5, 5.41) is 15.9. The van der Waals surface area contributed by atoms with Crippen molar-refractivity contribution in [2.45, 2.75) is 19.9 Å². The zero-order chi connectivity index (χ0) is 22.9. The van der Waals surface area contributed by atoms with Crippen molar-refractivity contribution in [3.05, 3.63) is 75.8 Å². The summed E-state index contributed by atoms with van der Waals surface area (Å²) in [5.41, 5.74) is 0.365. The molecule has 0 aliphatic carbocycles. The summed E-state index contributed by atoms with van der Waals surface area (Å²) in [7, 11) is 1.62. The van der Waals surface area contributed by atoms with E-state index in [1.165, 1.54) is 15.4 Å². The summed E-state index contributed by atoms with van der Waals surface area (Å²) in [6.07, 6.45) is 2.05. The minimum Gasteiger partial charge on any atom is -0.506 e. The molecule has 7 nitrogen and oxygen atoms in total. The highest BCUT2D eigenvalue weighted by atomic mass is 19.1. The quantitative estimate of drug-likeness (QED) is 0.459. The van der Waals surface area contributed by atoms with Gasteiger partial charge in [0.1, 0.15) is 17.4 Å². The molecule has 0 spiro atoms. The number of amides is 1. The molecule has 0 saturated heterocycles. The third-order valence-corrected chi connectivity index (χ3v) is 4.75. The van der Waals surface area contributed by atoms with Crippen molar-refractivity contribution in [2.24, 2.45) is 7.05 Å². The summed E-state index contributed by atoms with van der Waals surface area (Å²) in [4.78, 5) is 25.2. The van der Waals surface area contributed by atoms with Gasteiger partial charge in [-0.2, -0.15) is 5.10 Å². The maximum absolute atomic E-state index is 14.1. The van der Waals surface area contributed by atoms with E-state index in [9.17, 15) is 27.9 Å².